The third-order valence-corrected chi connectivity index (χ3v) is 3.20. The fraction of sp³-hybridized carbons (Fsp3) is 0.222. The van der Waals surface area contributed by atoms with E-state index in [0.29, 0.717) is 0 Å². The number of hydrogen-bond donors (Lipinski definition) is 1. The van der Waals surface area contributed by atoms with Gasteiger partial charge < -0.3 is 14.8 Å². The first kappa shape index (κ1) is 19.3. The van der Waals surface area contributed by atoms with Gasteiger partial charge in [0.15, 0.2) is 6.61 Å². The van der Waals surface area contributed by atoms with Crippen molar-refractivity contribution >= 4 is 11.9 Å². The Labute approximate surface area is 147 Å². The molecule has 5 nitrogen and oxygen atoms in total. The van der Waals surface area contributed by atoms with Crippen molar-refractivity contribution in [3.05, 3.63) is 65.7 Å². The average Bonchev–Trinajstić information content (AvgIpc) is 2.63. The lowest BCUT2D eigenvalue weighted by atomic mass is 10.2. The van der Waals surface area contributed by atoms with Crippen molar-refractivity contribution in [3.63, 3.8) is 0 Å². The van der Waals surface area contributed by atoms with Crippen molar-refractivity contribution in [1.82, 2.24) is 5.32 Å². The first-order chi connectivity index (χ1) is 12.3. The van der Waals surface area contributed by atoms with Crippen LogP contribution in [0.15, 0.2) is 54.6 Å². The lowest BCUT2D eigenvalue weighted by Gasteiger charge is -2.10. The van der Waals surface area contributed by atoms with E-state index in [1.54, 1.807) is 24.3 Å². The van der Waals surface area contributed by atoms with Crippen LogP contribution in [0.25, 0.3) is 0 Å². The summed E-state index contributed by atoms with van der Waals surface area (Å²) in [6, 6.07) is 13.2. The smallest absolute Gasteiger partial charge is 0.416 e. The molecule has 26 heavy (non-hydrogen) atoms. The number of alkyl halides is 3. The van der Waals surface area contributed by atoms with E-state index in [1.165, 1.54) is 12.1 Å². The van der Waals surface area contributed by atoms with Crippen LogP contribution in [-0.2, 0) is 27.1 Å². The van der Waals surface area contributed by atoms with E-state index in [2.05, 4.69) is 5.32 Å². The van der Waals surface area contributed by atoms with Crippen molar-refractivity contribution in [2.24, 2.45) is 0 Å². The van der Waals surface area contributed by atoms with Crippen LogP contribution in [0.1, 0.15) is 11.1 Å². The average molecular weight is 367 g/mol. The highest BCUT2D eigenvalue weighted by atomic mass is 19.4. The highest BCUT2D eigenvalue weighted by molar-refractivity contribution is 5.82. The van der Waals surface area contributed by atoms with Gasteiger partial charge in [-0.2, -0.15) is 13.2 Å². The van der Waals surface area contributed by atoms with Crippen molar-refractivity contribution in [2.75, 3.05) is 13.2 Å². The van der Waals surface area contributed by atoms with Crippen LogP contribution in [0.3, 0.4) is 0 Å². The van der Waals surface area contributed by atoms with Crippen LogP contribution in [0.5, 0.6) is 5.75 Å². The van der Waals surface area contributed by atoms with Crippen LogP contribution in [0, 0.1) is 0 Å². The van der Waals surface area contributed by atoms with Gasteiger partial charge in [0.2, 0.25) is 0 Å². The third kappa shape index (κ3) is 6.46. The molecule has 0 spiro atoms. The van der Waals surface area contributed by atoms with Crippen LogP contribution in [0.2, 0.25) is 0 Å². The van der Waals surface area contributed by atoms with Crippen molar-refractivity contribution in [3.8, 4) is 5.75 Å². The number of halogens is 3. The molecule has 138 valence electrons. The van der Waals surface area contributed by atoms with Gasteiger partial charge in [0.25, 0.3) is 5.91 Å². The Morgan fingerprint density at radius 1 is 1.00 bits per heavy atom. The Balaban J connectivity index is 1.71. The number of carbonyl (C=O) groups excluding carboxylic acids is 2. The number of nitrogens with one attached hydrogen (secondary N) is 1. The van der Waals surface area contributed by atoms with Gasteiger partial charge in [0.1, 0.15) is 18.9 Å². The number of esters is 1. The number of ether oxygens (including phenoxy) is 2. The lowest BCUT2D eigenvalue weighted by Crippen LogP contribution is -2.34. The number of benzene rings is 2. The second-order valence-corrected chi connectivity index (χ2v) is 5.24. The minimum atomic E-state index is -4.50. The quantitative estimate of drug-likeness (QED) is 0.765. The Hall–Kier alpha value is -3.03. The summed E-state index contributed by atoms with van der Waals surface area (Å²) >= 11 is 0. The molecule has 2 rings (SSSR count). The van der Waals surface area contributed by atoms with Gasteiger partial charge in [0.05, 0.1) is 5.56 Å². The van der Waals surface area contributed by atoms with E-state index in [9.17, 15) is 22.8 Å². The monoisotopic (exact) mass is 367 g/mol. The molecule has 8 heteroatoms. The standard InChI is InChI=1S/C18H16F3NO4/c19-18(20,21)14-7-4-8-15(9-14)25-12-16(23)22-10-17(24)26-11-13-5-2-1-3-6-13/h1-9H,10-12H2,(H,22,23). The largest absolute Gasteiger partial charge is 0.484 e. The highest BCUT2D eigenvalue weighted by Gasteiger charge is 2.30. The Bertz CT molecular complexity index is 748. The molecule has 0 aliphatic heterocycles. The normalized spacial score (nSPS) is 10.9. The van der Waals surface area contributed by atoms with Crippen LogP contribution in [0.4, 0.5) is 13.2 Å². The molecule has 0 unspecified atom stereocenters. The zero-order valence-corrected chi connectivity index (χ0v) is 13.6. The van der Waals surface area contributed by atoms with Gasteiger partial charge in [-0.05, 0) is 23.8 Å². The summed E-state index contributed by atoms with van der Waals surface area (Å²) in [6.45, 7) is -0.804. The molecule has 0 atom stereocenters. The molecule has 0 heterocycles. The molecule has 0 radical (unpaired) electrons. The molecular weight excluding hydrogens is 351 g/mol. The molecule has 0 aromatic heterocycles. The Kier molecular flexibility index (Phi) is 6.60. The second kappa shape index (κ2) is 8.89. The van der Waals surface area contributed by atoms with Crippen molar-refractivity contribution in [1.29, 1.82) is 0 Å². The third-order valence-electron chi connectivity index (χ3n) is 3.20. The maximum atomic E-state index is 12.6. The summed E-state index contributed by atoms with van der Waals surface area (Å²) in [4.78, 5) is 23.2. The molecule has 2 aromatic carbocycles. The van der Waals surface area contributed by atoms with Gasteiger partial charge in [-0.3, -0.25) is 9.59 Å². The minimum absolute atomic E-state index is 0.0796. The first-order valence-electron chi connectivity index (χ1n) is 7.61. The van der Waals surface area contributed by atoms with E-state index in [-0.39, 0.29) is 18.9 Å². The summed E-state index contributed by atoms with van der Waals surface area (Å²) in [6.07, 6.45) is -4.50. The molecular formula is C18H16F3NO4. The van der Waals surface area contributed by atoms with Gasteiger partial charge in [-0.1, -0.05) is 36.4 Å². The van der Waals surface area contributed by atoms with Crippen LogP contribution in [-0.4, -0.2) is 25.0 Å². The topological polar surface area (TPSA) is 64.6 Å². The van der Waals surface area contributed by atoms with Gasteiger partial charge in [-0.15, -0.1) is 0 Å². The molecule has 0 saturated carbocycles. The zero-order chi connectivity index (χ0) is 19.0. The number of amides is 1. The van der Waals surface area contributed by atoms with E-state index in [4.69, 9.17) is 9.47 Å². The number of rotatable bonds is 7. The van der Waals surface area contributed by atoms with Crippen molar-refractivity contribution in [2.45, 2.75) is 12.8 Å². The predicted octanol–water partition coefficient (Wildman–Crippen LogP) is 2.94. The molecule has 0 saturated heterocycles. The lowest BCUT2D eigenvalue weighted by molar-refractivity contribution is -0.145. The maximum Gasteiger partial charge on any atom is 0.416 e. The molecule has 0 aliphatic carbocycles. The Morgan fingerprint density at radius 2 is 1.73 bits per heavy atom. The number of carbonyl (C=O) groups is 2. The van der Waals surface area contributed by atoms with E-state index in [1.807, 2.05) is 6.07 Å². The Morgan fingerprint density at radius 3 is 2.42 bits per heavy atom. The summed E-state index contributed by atoms with van der Waals surface area (Å²) < 4.78 is 47.7. The highest BCUT2D eigenvalue weighted by Crippen LogP contribution is 2.31. The maximum absolute atomic E-state index is 12.6. The second-order valence-electron chi connectivity index (χ2n) is 5.24. The van der Waals surface area contributed by atoms with E-state index in [0.717, 1.165) is 17.7 Å². The van der Waals surface area contributed by atoms with Crippen LogP contribution < -0.4 is 10.1 Å². The summed E-state index contributed by atoms with van der Waals surface area (Å²) in [7, 11) is 0. The fourth-order valence-electron chi connectivity index (χ4n) is 1.92. The molecule has 0 aliphatic rings. The first-order valence-corrected chi connectivity index (χ1v) is 7.61. The minimum Gasteiger partial charge on any atom is -0.484 e. The zero-order valence-electron chi connectivity index (χ0n) is 13.6. The predicted molar refractivity (Wildman–Crippen MR) is 86.2 cm³/mol. The van der Waals surface area contributed by atoms with Crippen LogP contribution >= 0.6 is 0 Å². The summed E-state index contributed by atoms with van der Waals surface area (Å²) in [5.74, 6) is -1.39. The fourth-order valence-corrected chi connectivity index (χ4v) is 1.92. The summed E-state index contributed by atoms with van der Waals surface area (Å²) in [5, 5.41) is 2.27. The molecule has 2 aromatic rings. The molecule has 0 bridgehead atoms. The van der Waals surface area contributed by atoms with Gasteiger partial charge in [-0.25, -0.2) is 0 Å². The van der Waals surface area contributed by atoms with E-state index < -0.39 is 30.2 Å². The van der Waals surface area contributed by atoms with Crippen molar-refractivity contribution < 1.29 is 32.2 Å². The SMILES string of the molecule is O=C(COc1cccc(C(F)(F)F)c1)NCC(=O)OCc1ccccc1. The van der Waals surface area contributed by atoms with Gasteiger partial charge in [0, 0.05) is 0 Å². The number of hydrogen-bond acceptors (Lipinski definition) is 4. The van der Waals surface area contributed by atoms with Gasteiger partial charge >= 0.3 is 12.1 Å². The summed E-state index contributed by atoms with van der Waals surface area (Å²) in [5.41, 5.74) is -0.0695. The molecule has 1 amide bonds. The van der Waals surface area contributed by atoms with E-state index >= 15 is 0 Å². The molecule has 1 N–H and O–H groups in total. The molecule has 0 fully saturated rings.